The van der Waals surface area contributed by atoms with Crippen molar-refractivity contribution in [2.45, 2.75) is 6.54 Å². The molecule has 0 bridgehead atoms. The van der Waals surface area contributed by atoms with E-state index in [4.69, 9.17) is 0 Å². The molecule has 0 unspecified atom stereocenters. The first-order chi connectivity index (χ1) is 8.67. The summed E-state index contributed by atoms with van der Waals surface area (Å²) in [5.41, 5.74) is 1.04. The largest absolute Gasteiger partial charge is 0.300 e. The van der Waals surface area contributed by atoms with Gasteiger partial charge in [0.05, 0.1) is 0 Å². The van der Waals surface area contributed by atoms with E-state index in [0.29, 0.717) is 0 Å². The van der Waals surface area contributed by atoms with Gasteiger partial charge in [-0.3, -0.25) is 9.80 Å². The highest BCUT2D eigenvalue weighted by atomic mass is 79.9. The van der Waals surface area contributed by atoms with Crippen molar-refractivity contribution in [1.82, 2.24) is 9.80 Å². The quantitative estimate of drug-likeness (QED) is 0.741. The van der Waals surface area contributed by atoms with Crippen molar-refractivity contribution in [2.75, 3.05) is 38.1 Å². The zero-order chi connectivity index (χ0) is 13.0. The lowest BCUT2D eigenvalue weighted by molar-refractivity contribution is 0.133. The summed E-state index contributed by atoms with van der Waals surface area (Å²) in [4.78, 5) is 4.83. The second-order valence-corrected chi connectivity index (χ2v) is 6.29. The van der Waals surface area contributed by atoms with E-state index in [1.165, 1.54) is 6.07 Å². The monoisotopic (exact) mass is 378 g/mol. The molecule has 1 aromatic rings. The van der Waals surface area contributed by atoms with Crippen LogP contribution in [0.25, 0.3) is 0 Å². The molecule has 0 atom stereocenters. The van der Waals surface area contributed by atoms with Crippen molar-refractivity contribution >= 4 is 31.9 Å². The number of benzene rings is 1. The molecule has 2 rings (SSSR count). The van der Waals surface area contributed by atoms with Crippen LogP contribution in [0.5, 0.6) is 0 Å². The number of halogens is 3. The maximum atomic E-state index is 13.3. The number of piperazine rings is 1. The summed E-state index contributed by atoms with van der Waals surface area (Å²) in [6.45, 7) is 6.25. The summed E-state index contributed by atoms with van der Waals surface area (Å²) in [6.07, 6.45) is 0. The van der Waals surface area contributed by atoms with Crippen LogP contribution in [0.3, 0.4) is 0 Å². The van der Waals surface area contributed by atoms with Crippen LogP contribution in [-0.4, -0.2) is 47.9 Å². The average molecular weight is 380 g/mol. The third-order valence-corrected chi connectivity index (χ3v) is 4.01. The second kappa shape index (κ2) is 6.98. The molecule has 1 heterocycles. The minimum absolute atomic E-state index is 0.169. The van der Waals surface area contributed by atoms with Crippen LogP contribution in [0.1, 0.15) is 5.56 Å². The fourth-order valence-corrected chi connectivity index (χ4v) is 3.27. The molecule has 1 saturated heterocycles. The van der Waals surface area contributed by atoms with Gasteiger partial charge in [-0.05, 0) is 23.8 Å². The number of rotatable bonds is 4. The number of alkyl halides is 1. The number of nitrogens with zero attached hydrogens (tertiary/aromatic N) is 2. The Morgan fingerprint density at radius 3 is 2.33 bits per heavy atom. The summed E-state index contributed by atoms with van der Waals surface area (Å²) in [7, 11) is 0. The average Bonchev–Trinajstić information content (AvgIpc) is 2.31. The predicted molar refractivity (Wildman–Crippen MR) is 79.6 cm³/mol. The fourth-order valence-electron chi connectivity index (χ4n) is 2.25. The van der Waals surface area contributed by atoms with Crippen LogP contribution < -0.4 is 0 Å². The molecule has 0 amide bonds. The fraction of sp³-hybridized carbons (Fsp3) is 0.538. The molecule has 2 nitrogen and oxygen atoms in total. The molecule has 5 heteroatoms. The van der Waals surface area contributed by atoms with E-state index in [9.17, 15) is 4.39 Å². The van der Waals surface area contributed by atoms with Crippen molar-refractivity contribution < 1.29 is 4.39 Å². The van der Waals surface area contributed by atoms with Gasteiger partial charge in [-0.2, -0.15) is 0 Å². The Hall–Kier alpha value is 0.0300. The first kappa shape index (κ1) is 14.4. The molecule has 0 radical (unpaired) electrons. The SMILES string of the molecule is Fc1cc(Br)cc(CN2CCN(CCBr)CC2)c1. The Morgan fingerprint density at radius 2 is 1.72 bits per heavy atom. The molecule has 1 fully saturated rings. The smallest absolute Gasteiger partial charge is 0.124 e. The van der Waals surface area contributed by atoms with E-state index in [1.54, 1.807) is 6.07 Å². The summed E-state index contributed by atoms with van der Waals surface area (Å²) in [6, 6.07) is 5.11. The Morgan fingerprint density at radius 1 is 1.06 bits per heavy atom. The highest BCUT2D eigenvalue weighted by Crippen LogP contribution is 2.17. The standard InChI is InChI=1S/C13H17Br2FN2/c14-1-2-17-3-5-18(6-4-17)10-11-7-12(15)9-13(16)8-11/h7-9H,1-6,10H2. The van der Waals surface area contributed by atoms with E-state index in [-0.39, 0.29) is 5.82 Å². The third kappa shape index (κ3) is 4.30. The minimum atomic E-state index is -0.169. The van der Waals surface area contributed by atoms with Gasteiger partial charge in [0.2, 0.25) is 0 Å². The second-order valence-electron chi connectivity index (χ2n) is 4.58. The molecule has 1 aromatic carbocycles. The molecular formula is C13H17Br2FN2. The van der Waals surface area contributed by atoms with Crippen LogP contribution in [0, 0.1) is 5.82 Å². The van der Waals surface area contributed by atoms with Crippen LogP contribution in [0.4, 0.5) is 4.39 Å². The maximum Gasteiger partial charge on any atom is 0.124 e. The summed E-state index contributed by atoms with van der Waals surface area (Å²) >= 11 is 6.80. The van der Waals surface area contributed by atoms with E-state index < -0.39 is 0 Å². The van der Waals surface area contributed by atoms with Gasteiger partial charge in [0.25, 0.3) is 0 Å². The molecule has 0 aromatic heterocycles. The summed E-state index contributed by atoms with van der Waals surface area (Å²) < 4.78 is 14.1. The number of hydrogen-bond acceptors (Lipinski definition) is 2. The van der Waals surface area contributed by atoms with Gasteiger partial charge in [-0.15, -0.1) is 0 Å². The highest BCUT2D eigenvalue weighted by Gasteiger charge is 2.16. The zero-order valence-corrected chi connectivity index (χ0v) is 13.4. The van der Waals surface area contributed by atoms with Crippen molar-refractivity contribution in [3.63, 3.8) is 0 Å². The third-order valence-electron chi connectivity index (χ3n) is 3.19. The van der Waals surface area contributed by atoms with E-state index >= 15 is 0 Å². The highest BCUT2D eigenvalue weighted by molar-refractivity contribution is 9.10. The van der Waals surface area contributed by atoms with Crippen LogP contribution in [-0.2, 0) is 6.54 Å². The van der Waals surface area contributed by atoms with Crippen molar-refractivity contribution in [2.24, 2.45) is 0 Å². The van der Waals surface area contributed by atoms with Crippen LogP contribution in [0.2, 0.25) is 0 Å². The Labute approximate surface area is 124 Å². The summed E-state index contributed by atoms with van der Waals surface area (Å²) in [5.74, 6) is -0.169. The Kier molecular flexibility index (Phi) is 5.60. The lowest BCUT2D eigenvalue weighted by atomic mass is 10.2. The van der Waals surface area contributed by atoms with Crippen molar-refractivity contribution in [3.05, 3.63) is 34.1 Å². The summed E-state index contributed by atoms with van der Waals surface area (Å²) in [5, 5.41) is 1.03. The Balaban J connectivity index is 1.87. The molecule has 0 saturated carbocycles. The topological polar surface area (TPSA) is 6.48 Å². The molecular weight excluding hydrogens is 363 g/mol. The lowest BCUT2D eigenvalue weighted by Crippen LogP contribution is -2.46. The van der Waals surface area contributed by atoms with Crippen LogP contribution >= 0.6 is 31.9 Å². The molecule has 100 valence electrons. The van der Waals surface area contributed by atoms with E-state index in [2.05, 4.69) is 41.7 Å². The lowest BCUT2D eigenvalue weighted by Gasteiger charge is -2.34. The molecule has 1 aliphatic heterocycles. The van der Waals surface area contributed by atoms with Crippen molar-refractivity contribution in [3.8, 4) is 0 Å². The van der Waals surface area contributed by atoms with Gasteiger partial charge in [0.1, 0.15) is 5.82 Å². The molecule has 18 heavy (non-hydrogen) atoms. The van der Waals surface area contributed by atoms with Crippen LogP contribution in [0.15, 0.2) is 22.7 Å². The first-order valence-electron chi connectivity index (χ1n) is 6.13. The first-order valence-corrected chi connectivity index (χ1v) is 8.04. The van der Waals surface area contributed by atoms with E-state index in [0.717, 1.165) is 54.6 Å². The molecule has 0 aliphatic carbocycles. The zero-order valence-electron chi connectivity index (χ0n) is 10.2. The van der Waals surface area contributed by atoms with Gasteiger partial charge in [-0.25, -0.2) is 4.39 Å². The van der Waals surface area contributed by atoms with E-state index in [1.807, 2.05) is 6.07 Å². The maximum absolute atomic E-state index is 13.3. The molecule has 1 aliphatic rings. The predicted octanol–water partition coefficient (Wildman–Crippen LogP) is 3.10. The van der Waals surface area contributed by atoms with Gasteiger partial charge in [0, 0.05) is 49.1 Å². The van der Waals surface area contributed by atoms with Gasteiger partial charge >= 0.3 is 0 Å². The molecule has 0 spiro atoms. The van der Waals surface area contributed by atoms with Gasteiger partial charge in [0.15, 0.2) is 0 Å². The van der Waals surface area contributed by atoms with Gasteiger partial charge < -0.3 is 0 Å². The molecule has 0 N–H and O–H groups in total. The Bertz CT molecular complexity index is 372. The normalized spacial score (nSPS) is 18.2. The van der Waals surface area contributed by atoms with Crippen molar-refractivity contribution in [1.29, 1.82) is 0 Å². The van der Waals surface area contributed by atoms with Gasteiger partial charge in [-0.1, -0.05) is 31.9 Å². The minimum Gasteiger partial charge on any atom is -0.300 e. The number of hydrogen-bond donors (Lipinski definition) is 0.